The summed E-state index contributed by atoms with van der Waals surface area (Å²) in [6.07, 6.45) is 2.62. The maximum atomic E-state index is 4.42. The van der Waals surface area contributed by atoms with Crippen LogP contribution >= 0.6 is 15.9 Å². The molecule has 0 saturated heterocycles. The maximum absolute atomic E-state index is 4.42. The van der Waals surface area contributed by atoms with Crippen molar-refractivity contribution < 1.29 is 0 Å². The van der Waals surface area contributed by atoms with Crippen molar-refractivity contribution in [3.05, 3.63) is 46.8 Å². The minimum atomic E-state index is 0.791. The molecule has 15 heavy (non-hydrogen) atoms. The fourth-order valence-corrected chi connectivity index (χ4v) is 1.80. The summed E-state index contributed by atoms with van der Waals surface area (Å²) in [4.78, 5) is 8.83. The molecule has 0 atom stereocenters. The maximum Gasteiger partial charge on any atom is 0.124 e. The first kappa shape index (κ1) is 10.3. The Bertz CT molecular complexity index is 454. The van der Waals surface area contributed by atoms with E-state index in [4.69, 9.17) is 0 Å². The highest BCUT2D eigenvalue weighted by molar-refractivity contribution is 9.10. The van der Waals surface area contributed by atoms with E-state index in [-0.39, 0.29) is 0 Å². The van der Waals surface area contributed by atoms with Crippen molar-refractivity contribution in [3.8, 4) is 11.3 Å². The molecule has 0 radical (unpaired) electrons. The molecule has 1 heterocycles. The summed E-state index contributed by atoms with van der Waals surface area (Å²) in [6, 6.07) is 10.1. The number of hydrogen-bond donors (Lipinski definition) is 0. The smallest absolute Gasteiger partial charge is 0.124 e. The van der Waals surface area contributed by atoms with E-state index in [2.05, 4.69) is 45.0 Å². The van der Waals surface area contributed by atoms with Gasteiger partial charge in [-0.3, -0.25) is 4.98 Å². The number of hydrogen-bond acceptors (Lipinski definition) is 2. The Morgan fingerprint density at radius 1 is 1.20 bits per heavy atom. The SMILES string of the molecule is CCc1nc(Br)cnc1-c1ccccc1. The quantitative estimate of drug-likeness (QED) is 0.829. The Balaban J connectivity index is 2.53. The van der Waals surface area contributed by atoms with Crippen LogP contribution in [0.3, 0.4) is 0 Å². The molecule has 0 fully saturated rings. The first-order valence-corrected chi connectivity index (χ1v) is 5.67. The standard InChI is InChI=1S/C12H11BrN2/c1-2-10-12(14-8-11(13)15-10)9-6-4-3-5-7-9/h3-8H,2H2,1H3. The van der Waals surface area contributed by atoms with Gasteiger partial charge < -0.3 is 0 Å². The lowest BCUT2D eigenvalue weighted by atomic mass is 10.1. The predicted octanol–water partition coefficient (Wildman–Crippen LogP) is 3.47. The van der Waals surface area contributed by atoms with Crippen LogP contribution in [0.15, 0.2) is 41.1 Å². The van der Waals surface area contributed by atoms with Crippen molar-refractivity contribution in [1.29, 1.82) is 0 Å². The van der Waals surface area contributed by atoms with Gasteiger partial charge in [0.25, 0.3) is 0 Å². The van der Waals surface area contributed by atoms with Crippen LogP contribution in [-0.4, -0.2) is 9.97 Å². The van der Waals surface area contributed by atoms with Crippen molar-refractivity contribution in [3.63, 3.8) is 0 Å². The van der Waals surface area contributed by atoms with Gasteiger partial charge in [0.15, 0.2) is 0 Å². The van der Waals surface area contributed by atoms with Crippen LogP contribution in [0, 0.1) is 0 Å². The first-order chi connectivity index (χ1) is 7.31. The second kappa shape index (κ2) is 4.53. The van der Waals surface area contributed by atoms with E-state index in [0.717, 1.165) is 28.0 Å². The van der Waals surface area contributed by atoms with E-state index in [1.54, 1.807) is 6.20 Å². The highest BCUT2D eigenvalue weighted by Crippen LogP contribution is 2.21. The first-order valence-electron chi connectivity index (χ1n) is 4.88. The van der Waals surface area contributed by atoms with Crippen molar-refractivity contribution in [2.45, 2.75) is 13.3 Å². The number of aryl methyl sites for hydroxylation is 1. The molecular formula is C12H11BrN2. The van der Waals surface area contributed by atoms with Crippen molar-refractivity contribution in [2.75, 3.05) is 0 Å². The Morgan fingerprint density at radius 2 is 1.93 bits per heavy atom. The molecule has 2 nitrogen and oxygen atoms in total. The van der Waals surface area contributed by atoms with Crippen LogP contribution in [0.2, 0.25) is 0 Å². The molecular weight excluding hydrogens is 252 g/mol. The van der Waals surface area contributed by atoms with Gasteiger partial charge in [-0.1, -0.05) is 37.3 Å². The van der Waals surface area contributed by atoms with E-state index < -0.39 is 0 Å². The van der Waals surface area contributed by atoms with Gasteiger partial charge >= 0.3 is 0 Å². The third kappa shape index (κ3) is 2.23. The van der Waals surface area contributed by atoms with Gasteiger partial charge in [-0.15, -0.1) is 0 Å². The minimum absolute atomic E-state index is 0.791. The van der Waals surface area contributed by atoms with Crippen LogP contribution < -0.4 is 0 Å². The van der Waals surface area contributed by atoms with E-state index in [1.807, 2.05) is 18.2 Å². The molecule has 0 amide bonds. The second-order valence-electron chi connectivity index (χ2n) is 3.21. The zero-order chi connectivity index (χ0) is 10.7. The van der Waals surface area contributed by atoms with E-state index >= 15 is 0 Å². The molecule has 0 unspecified atom stereocenters. The molecule has 76 valence electrons. The van der Waals surface area contributed by atoms with E-state index in [0.29, 0.717) is 0 Å². The second-order valence-corrected chi connectivity index (χ2v) is 4.02. The summed E-state index contributed by atoms with van der Waals surface area (Å²) in [5.74, 6) is 0. The van der Waals surface area contributed by atoms with Crippen LogP contribution in [0.25, 0.3) is 11.3 Å². The van der Waals surface area contributed by atoms with Gasteiger partial charge in [-0.2, -0.15) is 0 Å². The molecule has 0 N–H and O–H groups in total. The fraction of sp³-hybridized carbons (Fsp3) is 0.167. The summed E-state index contributed by atoms with van der Waals surface area (Å²) in [5.41, 5.74) is 3.12. The molecule has 0 saturated carbocycles. The van der Waals surface area contributed by atoms with Gasteiger partial charge in [0, 0.05) is 5.56 Å². The molecule has 0 bridgehead atoms. The topological polar surface area (TPSA) is 25.8 Å². The summed E-state index contributed by atoms with van der Waals surface area (Å²) >= 11 is 3.34. The molecule has 3 heteroatoms. The molecule has 0 aliphatic carbocycles. The molecule has 0 aliphatic heterocycles. The number of rotatable bonds is 2. The third-order valence-corrected chi connectivity index (χ3v) is 2.58. The lowest BCUT2D eigenvalue weighted by Crippen LogP contribution is -1.96. The average Bonchev–Trinajstić information content (AvgIpc) is 2.30. The molecule has 1 aromatic carbocycles. The summed E-state index contributed by atoms with van der Waals surface area (Å²) in [7, 11) is 0. The minimum Gasteiger partial charge on any atom is -0.252 e. The van der Waals surface area contributed by atoms with Gasteiger partial charge in [0.1, 0.15) is 4.60 Å². The number of nitrogens with zero attached hydrogens (tertiary/aromatic N) is 2. The highest BCUT2D eigenvalue weighted by Gasteiger charge is 2.06. The Morgan fingerprint density at radius 3 is 2.60 bits per heavy atom. The van der Waals surface area contributed by atoms with Crippen molar-refractivity contribution >= 4 is 15.9 Å². The summed E-state index contributed by atoms with van der Waals surface area (Å²) < 4.78 is 0.791. The summed E-state index contributed by atoms with van der Waals surface area (Å²) in [5, 5.41) is 0. The fourth-order valence-electron chi connectivity index (χ4n) is 1.49. The van der Waals surface area contributed by atoms with Crippen LogP contribution in [0.1, 0.15) is 12.6 Å². The molecule has 1 aromatic heterocycles. The Kier molecular flexibility index (Phi) is 3.11. The zero-order valence-electron chi connectivity index (χ0n) is 8.44. The Hall–Kier alpha value is -1.22. The third-order valence-electron chi connectivity index (χ3n) is 2.20. The number of aromatic nitrogens is 2. The van der Waals surface area contributed by atoms with Crippen molar-refractivity contribution in [2.24, 2.45) is 0 Å². The summed E-state index contributed by atoms with van der Waals surface area (Å²) in [6.45, 7) is 2.09. The zero-order valence-corrected chi connectivity index (χ0v) is 10.0. The lowest BCUT2D eigenvalue weighted by molar-refractivity contribution is 0.990. The average molecular weight is 263 g/mol. The number of benzene rings is 1. The molecule has 2 aromatic rings. The van der Waals surface area contributed by atoms with Gasteiger partial charge in [-0.05, 0) is 22.4 Å². The van der Waals surface area contributed by atoms with E-state index in [9.17, 15) is 0 Å². The normalized spacial score (nSPS) is 10.3. The van der Waals surface area contributed by atoms with Crippen LogP contribution in [-0.2, 0) is 6.42 Å². The number of halogens is 1. The van der Waals surface area contributed by atoms with E-state index in [1.165, 1.54) is 0 Å². The van der Waals surface area contributed by atoms with Crippen LogP contribution in [0.4, 0.5) is 0 Å². The predicted molar refractivity (Wildman–Crippen MR) is 64.5 cm³/mol. The van der Waals surface area contributed by atoms with Gasteiger partial charge in [0.2, 0.25) is 0 Å². The molecule has 0 aliphatic rings. The highest BCUT2D eigenvalue weighted by atomic mass is 79.9. The largest absolute Gasteiger partial charge is 0.252 e. The molecule has 2 rings (SSSR count). The monoisotopic (exact) mass is 262 g/mol. The van der Waals surface area contributed by atoms with Gasteiger partial charge in [-0.25, -0.2) is 4.98 Å². The lowest BCUT2D eigenvalue weighted by Gasteiger charge is -2.05. The van der Waals surface area contributed by atoms with Crippen molar-refractivity contribution in [1.82, 2.24) is 9.97 Å². The van der Waals surface area contributed by atoms with Gasteiger partial charge in [0.05, 0.1) is 17.6 Å². The molecule has 0 spiro atoms. The van der Waals surface area contributed by atoms with Crippen LogP contribution in [0.5, 0.6) is 0 Å². The Labute approximate surface area is 97.5 Å².